The number of carbonyl (C=O) groups is 3. The largest absolute Gasteiger partial charge is 0.462 e. The Bertz CT molecular complexity index is 678. The molecular weight excluding hydrogens is 366 g/mol. The Balaban J connectivity index is 2.41. The second-order valence-electron chi connectivity index (χ2n) is 6.07. The maximum atomic E-state index is 12.3. The molecule has 0 atom stereocenters. The van der Waals surface area contributed by atoms with Crippen molar-refractivity contribution in [2.45, 2.75) is 39.7 Å². The smallest absolute Gasteiger partial charge is 0.421 e. The first-order chi connectivity index (χ1) is 10.6. The highest BCUT2D eigenvalue weighted by atomic mass is 79.9. The van der Waals surface area contributed by atoms with Gasteiger partial charge in [0, 0.05) is 4.47 Å². The second kappa shape index (κ2) is 6.31. The molecule has 2 rings (SSSR count). The van der Waals surface area contributed by atoms with E-state index in [4.69, 9.17) is 9.47 Å². The predicted molar refractivity (Wildman–Crippen MR) is 87.5 cm³/mol. The quantitative estimate of drug-likeness (QED) is 0.731. The minimum Gasteiger partial charge on any atom is -0.462 e. The van der Waals surface area contributed by atoms with Crippen LogP contribution in [0.2, 0.25) is 0 Å². The fourth-order valence-corrected chi connectivity index (χ4v) is 2.75. The number of rotatable bonds is 2. The van der Waals surface area contributed by atoms with Crippen molar-refractivity contribution < 1.29 is 23.9 Å². The van der Waals surface area contributed by atoms with Gasteiger partial charge in [-0.15, -0.1) is 0 Å². The van der Waals surface area contributed by atoms with Crippen LogP contribution in [0, 0.1) is 0 Å². The topological polar surface area (TPSA) is 72.9 Å². The van der Waals surface area contributed by atoms with Gasteiger partial charge in [-0.3, -0.25) is 4.79 Å². The number of nitrogens with zero attached hydrogens (tertiary/aromatic N) is 1. The van der Waals surface area contributed by atoms with E-state index in [0.29, 0.717) is 15.7 Å². The van der Waals surface area contributed by atoms with Gasteiger partial charge in [-0.2, -0.15) is 0 Å². The molecule has 1 aliphatic rings. The number of hydrogen-bond donors (Lipinski definition) is 0. The maximum Gasteiger partial charge on any atom is 0.421 e. The summed E-state index contributed by atoms with van der Waals surface area (Å²) >= 11 is 3.30. The van der Waals surface area contributed by atoms with Gasteiger partial charge in [-0.1, -0.05) is 0 Å². The Morgan fingerprint density at radius 1 is 1.30 bits per heavy atom. The molecule has 2 amide bonds. The van der Waals surface area contributed by atoms with Gasteiger partial charge in [-0.05, 0) is 61.3 Å². The number of halogens is 1. The summed E-state index contributed by atoms with van der Waals surface area (Å²) in [6, 6.07) is 3.14. The number of anilines is 1. The highest BCUT2D eigenvalue weighted by Crippen LogP contribution is 2.35. The molecule has 0 radical (unpaired) electrons. The third kappa shape index (κ3) is 3.72. The van der Waals surface area contributed by atoms with Crippen molar-refractivity contribution in [1.29, 1.82) is 0 Å². The first-order valence-electron chi connectivity index (χ1n) is 7.19. The molecule has 1 aliphatic heterocycles. The van der Waals surface area contributed by atoms with Crippen LogP contribution in [0.5, 0.6) is 0 Å². The van der Waals surface area contributed by atoms with Crippen LogP contribution in [-0.4, -0.2) is 30.2 Å². The first kappa shape index (κ1) is 17.5. The predicted octanol–water partition coefficient (Wildman–Crippen LogP) is 3.45. The third-order valence-corrected chi connectivity index (χ3v) is 3.73. The normalized spacial score (nSPS) is 13.8. The lowest BCUT2D eigenvalue weighted by atomic mass is 10.1. The zero-order valence-electron chi connectivity index (χ0n) is 13.4. The van der Waals surface area contributed by atoms with E-state index in [2.05, 4.69) is 15.9 Å². The van der Waals surface area contributed by atoms with E-state index < -0.39 is 17.7 Å². The molecule has 124 valence electrons. The van der Waals surface area contributed by atoms with Crippen molar-refractivity contribution in [3.05, 3.63) is 27.7 Å². The molecule has 0 saturated carbocycles. The van der Waals surface area contributed by atoms with Gasteiger partial charge in [0.15, 0.2) is 0 Å². The van der Waals surface area contributed by atoms with E-state index in [1.807, 2.05) is 0 Å². The van der Waals surface area contributed by atoms with E-state index in [1.165, 1.54) is 6.07 Å². The van der Waals surface area contributed by atoms with Gasteiger partial charge < -0.3 is 9.47 Å². The fourth-order valence-electron chi connectivity index (χ4n) is 2.20. The number of ether oxygens (including phenoxy) is 2. The molecule has 0 unspecified atom stereocenters. The lowest BCUT2D eigenvalue weighted by molar-refractivity contribution is -0.117. The molecular formula is C16H18BrNO5. The van der Waals surface area contributed by atoms with Crippen molar-refractivity contribution in [2.75, 3.05) is 11.5 Å². The summed E-state index contributed by atoms with van der Waals surface area (Å²) in [5.74, 6) is -0.909. The summed E-state index contributed by atoms with van der Waals surface area (Å²) in [6.45, 7) is 7.10. The molecule has 1 heterocycles. The number of hydrogen-bond acceptors (Lipinski definition) is 5. The Morgan fingerprint density at radius 3 is 2.52 bits per heavy atom. The molecule has 0 bridgehead atoms. The van der Waals surface area contributed by atoms with Crippen LogP contribution in [0.3, 0.4) is 0 Å². The molecule has 1 aromatic rings. The maximum absolute atomic E-state index is 12.3. The van der Waals surface area contributed by atoms with Gasteiger partial charge >= 0.3 is 12.1 Å². The number of esters is 1. The molecule has 7 heteroatoms. The summed E-state index contributed by atoms with van der Waals surface area (Å²) < 4.78 is 10.8. The number of imide groups is 1. The molecule has 1 aromatic carbocycles. The molecule has 6 nitrogen and oxygen atoms in total. The van der Waals surface area contributed by atoms with Crippen LogP contribution >= 0.6 is 15.9 Å². The van der Waals surface area contributed by atoms with E-state index >= 15 is 0 Å². The number of amides is 2. The number of fused-ring (bicyclic) bond motifs is 1. The van der Waals surface area contributed by atoms with Crippen molar-refractivity contribution in [3.63, 3.8) is 0 Å². The summed E-state index contributed by atoms with van der Waals surface area (Å²) in [4.78, 5) is 37.4. The van der Waals surface area contributed by atoms with Gasteiger partial charge in [0.05, 0.1) is 24.3 Å². The van der Waals surface area contributed by atoms with Crippen molar-refractivity contribution >= 4 is 39.6 Å². The minimum absolute atomic E-state index is 0.0796. The average molecular weight is 384 g/mol. The summed E-state index contributed by atoms with van der Waals surface area (Å²) in [7, 11) is 0. The monoisotopic (exact) mass is 383 g/mol. The lowest BCUT2D eigenvalue weighted by Crippen LogP contribution is -2.38. The minimum atomic E-state index is -0.751. The Morgan fingerprint density at radius 2 is 1.96 bits per heavy atom. The van der Waals surface area contributed by atoms with Crippen LogP contribution in [-0.2, 0) is 20.7 Å². The number of carbonyl (C=O) groups excluding carboxylic acids is 3. The highest BCUT2D eigenvalue weighted by Gasteiger charge is 2.36. The van der Waals surface area contributed by atoms with E-state index in [-0.39, 0.29) is 24.5 Å². The van der Waals surface area contributed by atoms with Crippen molar-refractivity contribution in [2.24, 2.45) is 0 Å². The van der Waals surface area contributed by atoms with E-state index in [0.717, 1.165) is 4.90 Å². The Hall–Kier alpha value is -1.89. The van der Waals surface area contributed by atoms with Crippen LogP contribution < -0.4 is 4.90 Å². The van der Waals surface area contributed by atoms with Crippen LogP contribution in [0.15, 0.2) is 16.6 Å². The van der Waals surface area contributed by atoms with Gasteiger partial charge in [0.2, 0.25) is 5.91 Å². The van der Waals surface area contributed by atoms with E-state index in [9.17, 15) is 14.4 Å². The molecule has 0 N–H and O–H groups in total. The molecule has 23 heavy (non-hydrogen) atoms. The number of benzene rings is 1. The third-order valence-electron chi connectivity index (χ3n) is 3.07. The van der Waals surface area contributed by atoms with Crippen molar-refractivity contribution in [3.8, 4) is 0 Å². The standard InChI is InChI=1S/C16H18BrNO5/c1-5-22-14(20)10-8-12-9(6-11(10)17)7-13(19)18(12)15(21)23-16(2,3)4/h6,8H,5,7H2,1-4H3. The molecule has 0 spiro atoms. The summed E-state index contributed by atoms with van der Waals surface area (Å²) in [6.07, 6.45) is -0.672. The molecule has 0 aliphatic carbocycles. The van der Waals surface area contributed by atoms with Crippen LogP contribution in [0.25, 0.3) is 0 Å². The Labute approximate surface area is 142 Å². The van der Waals surface area contributed by atoms with Gasteiger partial charge in [0.25, 0.3) is 0 Å². The highest BCUT2D eigenvalue weighted by molar-refractivity contribution is 9.10. The summed E-state index contributed by atoms with van der Waals surface area (Å²) in [5.41, 5.74) is 0.546. The second-order valence-corrected chi connectivity index (χ2v) is 6.92. The molecule has 0 aromatic heterocycles. The Kier molecular flexibility index (Phi) is 4.79. The zero-order valence-corrected chi connectivity index (χ0v) is 15.0. The van der Waals surface area contributed by atoms with Gasteiger partial charge in [-0.25, -0.2) is 14.5 Å². The average Bonchev–Trinajstić information content (AvgIpc) is 2.70. The van der Waals surface area contributed by atoms with Crippen LogP contribution in [0.1, 0.15) is 43.6 Å². The molecule has 0 saturated heterocycles. The van der Waals surface area contributed by atoms with Crippen LogP contribution in [0.4, 0.5) is 10.5 Å². The van der Waals surface area contributed by atoms with Crippen molar-refractivity contribution in [1.82, 2.24) is 0 Å². The van der Waals surface area contributed by atoms with E-state index in [1.54, 1.807) is 33.8 Å². The molecule has 0 fully saturated rings. The fraction of sp³-hybridized carbons (Fsp3) is 0.438. The lowest BCUT2D eigenvalue weighted by Gasteiger charge is -2.24. The summed E-state index contributed by atoms with van der Waals surface area (Å²) in [5, 5.41) is 0. The van der Waals surface area contributed by atoms with Gasteiger partial charge in [0.1, 0.15) is 5.60 Å². The zero-order chi connectivity index (χ0) is 17.4. The first-order valence-corrected chi connectivity index (χ1v) is 7.99. The SMILES string of the molecule is CCOC(=O)c1cc2c(cc1Br)CC(=O)N2C(=O)OC(C)(C)C.